The number of hydrogen-bond donors (Lipinski definition) is 1. The second kappa shape index (κ2) is 13.2. The Balaban J connectivity index is 1.24. The van der Waals surface area contributed by atoms with E-state index in [0.29, 0.717) is 0 Å². The maximum atomic E-state index is 5.45. The Bertz CT molecular complexity index is 2450. The molecule has 0 fully saturated rings. The molecule has 50 heavy (non-hydrogen) atoms. The Kier molecular flexibility index (Phi) is 8.30. The molecule has 0 spiro atoms. The van der Waals surface area contributed by atoms with Gasteiger partial charge in [0.2, 0.25) is 0 Å². The van der Waals surface area contributed by atoms with E-state index in [4.69, 9.17) is 4.99 Å². The van der Waals surface area contributed by atoms with Gasteiger partial charge in [0.1, 0.15) is 12.0 Å². The largest absolute Gasteiger partial charge is 0.368 e. The van der Waals surface area contributed by atoms with Crippen LogP contribution >= 0.6 is 0 Å². The molecule has 8 rings (SSSR count). The Morgan fingerprint density at radius 3 is 2.32 bits per heavy atom. The van der Waals surface area contributed by atoms with Crippen molar-refractivity contribution in [2.75, 3.05) is 13.6 Å². The summed E-state index contributed by atoms with van der Waals surface area (Å²) in [6.45, 7) is 7.32. The highest BCUT2D eigenvalue weighted by Gasteiger charge is 2.30. The summed E-state index contributed by atoms with van der Waals surface area (Å²) in [5, 5.41) is 9.86. The molecule has 1 N–H and O–H groups in total. The lowest BCUT2D eigenvalue weighted by atomic mass is 9.95. The highest BCUT2D eigenvalue weighted by atomic mass is 15.3. The van der Waals surface area contributed by atoms with E-state index in [9.17, 15) is 0 Å². The molecule has 6 aromatic rings. The number of rotatable bonds is 7. The van der Waals surface area contributed by atoms with Gasteiger partial charge in [-0.3, -0.25) is 4.99 Å². The average molecular weight is 651 g/mol. The number of benzene rings is 5. The van der Waals surface area contributed by atoms with E-state index in [-0.39, 0.29) is 6.17 Å². The SMILES string of the molecule is C\C=C/C=C\C(=C\CC)c1c(C)n(-c2ccc(C3N=C(c4ccc5ccccc5c4)C4=C(NCC=C4)N3C)cc2)c2cc3ccccc3cc12. The molecule has 5 aromatic carbocycles. The van der Waals surface area contributed by atoms with Gasteiger partial charge in [-0.05, 0) is 83.3 Å². The first-order valence-corrected chi connectivity index (χ1v) is 17.6. The van der Waals surface area contributed by atoms with E-state index in [1.807, 2.05) is 0 Å². The van der Waals surface area contributed by atoms with Gasteiger partial charge in [-0.2, -0.15) is 0 Å². The lowest BCUT2D eigenvalue weighted by Crippen LogP contribution is -2.39. The molecule has 1 aromatic heterocycles. The molecule has 0 saturated carbocycles. The van der Waals surface area contributed by atoms with Crippen LogP contribution in [0.2, 0.25) is 0 Å². The molecule has 2 aliphatic heterocycles. The van der Waals surface area contributed by atoms with Crippen LogP contribution in [0.15, 0.2) is 162 Å². The smallest absolute Gasteiger partial charge is 0.148 e. The average Bonchev–Trinajstić information content (AvgIpc) is 3.43. The first kappa shape index (κ1) is 31.4. The van der Waals surface area contributed by atoms with E-state index in [1.54, 1.807) is 0 Å². The Hall–Kier alpha value is -5.87. The normalized spacial score (nSPS) is 16.6. The Morgan fingerprint density at radius 2 is 1.58 bits per heavy atom. The van der Waals surface area contributed by atoms with Crippen LogP contribution in [0, 0.1) is 6.92 Å². The molecule has 0 aliphatic carbocycles. The summed E-state index contributed by atoms with van der Waals surface area (Å²) in [5.41, 5.74) is 10.5. The predicted octanol–water partition coefficient (Wildman–Crippen LogP) is 11.0. The zero-order valence-electron chi connectivity index (χ0n) is 29.2. The monoisotopic (exact) mass is 650 g/mol. The minimum absolute atomic E-state index is 0.166. The van der Waals surface area contributed by atoms with Gasteiger partial charge in [0.15, 0.2) is 0 Å². The summed E-state index contributed by atoms with van der Waals surface area (Å²) in [6.07, 6.45) is 16.1. The van der Waals surface area contributed by atoms with Crippen LogP contribution in [0.4, 0.5) is 0 Å². The van der Waals surface area contributed by atoms with Gasteiger partial charge in [-0.25, -0.2) is 0 Å². The van der Waals surface area contributed by atoms with Crippen LogP contribution < -0.4 is 5.32 Å². The number of allylic oxidation sites excluding steroid dienone is 8. The molecule has 246 valence electrons. The number of aliphatic imine (C=N–C) groups is 1. The molecule has 4 heteroatoms. The summed E-state index contributed by atoms with van der Waals surface area (Å²) in [4.78, 5) is 7.72. The maximum Gasteiger partial charge on any atom is 0.148 e. The van der Waals surface area contributed by atoms with Crippen molar-refractivity contribution in [1.82, 2.24) is 14.8 Å². The minimum atomic E-state index is -0.166. The second-order valence-corrected chi connectivity index (χ2v) is 13.1. The summed E-state index contributed by atoms with van der Waals surface area (Å²) < 4.78 is 2.43. The van der Waals surface area contributed by atoms with E-state index in [1.165, 1.54) is 49.3 Å². The van der Waals surface area contributed by atoms with Gasteiger partial charge < -0.3 is 14.8 Å². The molecule has 0 saturated heterocycles. The van der Waals surface area contributed by atoms with Crippen molar-refractivity contribution in [3.8, 4) is 5.69 Å². The zero-order chi connectivity index (χ0) is 34.2. The number of fused-ring (bicyclic) bond motifs is 3. The van der Waals surface area contributed by atoms with Gasteiger partial charge in [0.05, 0.1) is 11.2 Å². The van der Waals surface area contributed by atoms with Crippen molar-refractivity contribution < 1.29 is 0 Å². The molecular formula is C46H42N4. The van der Waals surface area contributed by atoms with Crippen molar-refractivity contribution in [3.63, 3.8) is 0 Å². The van der Waals surface area contributed by atoms with Crippen LogP contribution in [-0.2, 0) is 0 Å². The topological polar surface area (TPSA) is 32.6 Å². The molecule has 1 unspecified atom stereocenters. The van der Waals surface area contributed by atoms with E-state index in [0.717, 1.165) is 46.9 Å². The summed E-state index contributed by atoms with van der Waals surface area (Å²) in [7, 11) is 2.14. The highest BCUT2D eigenvalue weighted by molar-refractivity contribution is 6.16. The van der Waals surface area contributed by atoms with Crippen molar-refractivity contribution in [2.45, 2.75) is 33.4 Å². The highest BCUT2D eigenvalue weighted by Crippen LogP contribution is 2.39. The number of nitrogens with zero attached hydrogens (tertiary/aromatic N) is 3. The lowest BCUT2D eigenvalue weighted by Gasteiger charge is -2.37. The van der Waals surface area contributed by atoms with Gasteiger partial charge in [-0.15, -0.1) is 0 Å². The third kappa shape index (κ3) is 5.47. The van der Waals surface area contributed by atoms with E-state index >= 15 is 0 Å². The van der Waals surface area contributed by atoms with Crippen LogP contribution in [0.25, 0.3) is 43.7 Å². The zero-order valence-corrected chi connectivity index (χ0v) is 29.2. The van der Waals surface area contributed by atoms with Crippen molar-refractivity contribution in [1.29, 1.82) is 0 Å². The number of nitrogens with one attached hydrogen (secondary N) is 1. The first-order chi connectivity index (χ1) is 24.6. The summed E-state index contributed by atoms with van der Waals surface area (Å²) in [6, 6.07) is 37.6. The minimum Gasteiger partial charge on any atom is -0.368 e. The molecule has 4 nitrogen and oxygen atoms in total. The van der Waals surface area contributed by atoms with Gasteiger partial charge in [0, 0.05) is 47.1 Å². The maximum absolute atomic E-state index is 5.45. The third-order valence-electron chi connectivity index (χ3n) is 9.99. The van der Waals surface area contributed by atoms with Crippen LogP contribution in [0.3, 0.4) is 0 Å². The molecule has 0 radical (unpaired) electrons. The Morgan fingerprint density at radius 1 is 0.860 bits per heavy atom. The molecule has 1 atom stereocenters. The fraction of sp³-hybridized carbons (Fsp3) is 0.152. The van der Waals surface area contributed by atoms with Gasteiger partial charge >= 0.3 is 0 Å². The lowest BCUT2D eigenvalue weighted by molar-refractivity contribution is 0.290. The molecular weight excluding hydrogens is 609 g/mol. The number of aromatic nitrogens is 1. The molecule has 0 bridgehead atoms. The summed E-state index contributed by atoms with van der Waals surface area (Å²) >= 11 is 0. The molecule has 0 amide bonds. The molecule has 3 heterocycles. The van der Waals surface area contributed by atoms with Crippen molar-refractivity contribution in [3.05, 3.63) is 179 Å². The fourth-order valence-corrected chi connectivity index (χ4v) is 7.62. The van der Waals surface area contributed by atoms with Crippen LogP contribution in [0.1, 0.15) is 48.8 Å². The standard InChI is InChI=1S/C46H42N4/c1-5-7-8-16-33(14-6-2)43-31(3)50(42-30-37-19-12-11-18-36(37)29-41(42)43)39-25-23-34(24-26-39)45-48-44(40-20-13-27-47-46(40)49(45)4)38-22-21-32-15-9-10-17-35(32)28-38/h5,7-26,28-30,45,47H,6,27H2,1-4H3/b7-5-,16-8-,33-14-. The van der Waals surface area contributed by atoms with Crippen LogP contribution in [0.5, 0.6) is 0 Å². The van der Waals surface area contributed by atoms with Crippen molar-refractivity contribution in [2.24, 2.45) is 4.99 Å². The number of dihydropyridines is 1. The fourth-order valence-electron chi connectivity index (χ4n) is 7.62. The molecule has 2 aliphatic rings. The van der Waals surface area contributed by atoms with Gasteiger partial charge in [-0.1, -0.05) is 122 Å². The van der Waals surface area contributed by atoms with E-state index in [2.05, 4.69) is 188 Å². The van der Waals surface area contributed by atoms with Crippen LogP contribution in [-0.4, -0.2) is 28.8 Å². The second-order valence-electron chi connectivity index (χ2n) is 13.1. The van der Waals surface area contributed by atoms with Gasteiger partial charge in [0.25, 0.3) is 0 Å². The third-order valence-corrected chi connectivity index (χ3v) is 9.99. The Labute approximate surface area is 294 Å². The summed E-state index contributed by atoms with van der Waals surface area (Å²) in [5.74, 6) is 1.12. The number of hydrogen-bond acceptors (Lipinski definition) is 3. The predicted molar refractivity (Wildman–Crippen MR) is 213 cm³/mol. The van der Waals surface area contributed by atoms with Crippen molar-refractivity contribution >= 4 is 43.7 Å². The quantitative estimate of drug-likeness (QED) is 0.174. The first-order valence-electron chi connectivity index (χ1n) is 17.6. The van der Waals surface area contributed by atoms with E-state index < -0.39 is 0 Å².